The smallest absolute Gasteiger partial charge is 0.319 e. The second kappa shape index (κ2) is 6.78. The van der Waals surface area contributed by atoms with Crippen LogP contribution in [0.15, 0.2) is 30.6 Å². The van der Waals surface area contributed by atoms with Gasteiger partial charge in [0, 0.05) is 25.4 Å². The molecule has 0 bridgehead atoms. The molecule has 1 aliphatic carbocycles. The molecule has 7 heteroatoms. The molecule has 0 aliphatic heterocycles. The number of nitrogens with zero attached hydrogens (tertiary/aromatic N) is 3. The first-order valence-electron chi connectivity index (χ1n) is 7.72. The lowest BCUT2D eigenvalue weighted by molar-refractivity contribution is 0.0882. The number of aromatic nitrogens is 3. The fourth-order valence-corrected chi connectivity index (χ4v) is 2.92. The minimum absolute atomic E-state index is 0.0700. The number of rotatable bonds is 4. The third kappa shape index (κ3) is 3.68. The lowest BCUT2D eigenvalue weighted by Crippen LogP contribution is -2.42. The molecule has 0 saturated heterocycles. The molecule has 23 heavy (non-hydrogen) atoms. The van der Waals surface area contributed by atoms with Crippen LogP contribution in [0.5, 0.6) is 0 Å². The van der Waals surface area contributed by atoms with Gasteiger partial charge in [-0.15, -0.1) is 0 Å². The summed E-state index contributed by atoms with van der Waals surface area (Å²) in [5, 5.41) is 10.1. The molecule has 1 aromatic carbocycles. The molecule has 1 aliphatic rings. The Labute approximate surface area is 135 Å². The normalized spacial score (nSPS) is 20.4. The Kier molecular flexibility index (Phi) is 4.57. The van der Waals surface area contributed by atoms with Gasteiger partial charge in [0.15, 0.2) is 5.82 Å². The van der Waals surface area contributed by atoms with Gasteiger partial charge in [-0.2, -0.15) is 5.10 Å². The van der Waals surface area contributed by atoms with Crippen molar-refractivity contribution >= 4 is 11.7 Å². The topological polar surface area (TPSA) is 81.1 Å². The maximum Gasteiger partial charge on any atom is 0.319 e. The van der Waals surface area contributed by atoms with E-state index in [9.17, 15) is 4.79 Å². The zero-order valence-electron chi connectivity index (χ0n) is 13.3. The van der Waals surface area contributed by atoms with Crippen LogP contribution in [0.4, 0.5) is 10.5 Å². The maximum atomic E-state index is 12.2. The molecule has 2 atom stereocenters. The number of carbonyl (C=O) groups is 1. The third-order valence-corrected chi connectivity index (χ3v) is 4.05. The average Bonchev–Trinajstić information content (AvgIpc) is 3.16. The molecule has 2 N–H and O–H groups in total. The van der Waals surface area contributed by atoms with Crippen molar-refractivity contribution < 1.29 is 9.53 Å². The van der Waals surface area contributed by atoms with Crippen LogP contribution in [0.3, 0.4) is 0 Å². The highest BCUT2D eigenvalue weighted by Crippen LogP contribution is 2.22. The van der Waals surface area contributed by atoms with E-state index in [1.807, 2.05) is 31.3 Å². The predicted octanol–water partition coefficient (Wildman–Crippen LogP) is 2.17. The van der Waals surface area contributed by atoms with Crippen molar-refractivity contribution in [2.75, 3.05) is 12.4 Å². The molecule has 3 rings (SSSR count). The largest absolute Gasteiger partial charge is 0.379 e. The summed E-state index contributed by atoms with van der Waals surface area (Å²) in [6, 6.07) is 7.34. The number of urea groups is 1. The van der Waals surface area contributed by atoms with E-state index in [2.05, 4.69) is 20.7 Å². The number of carbonyl (C=O) groups excluding carboxylic acids is 1. The highest BCUT2D eigenvalue weighted by atomic mass is 16.5. The lowest BCUT2D eigenvalue weighted by atomic mass is 10.2. The van der Waals surface area contributed by atoms with Crippen molar-refractivity contribution in [2.24, 2.45) is 7.05 Å². The fraction of sp³-hybridized carbons (Fsp3) is 0.438. The van der Waals surface area contributed by atoms with E-state index in [1.165, 1.54) is 0 Å². The number of hydrogen-bond donors (Lipinski definition) is 2. The number of hydrogen-bond acceptors (Lipinski definition) is 4. The zero-order valence-corrected chi connectivity index (χ0v) is 13.3. The second-order valence-corrected chi connectivity index (χ2v) is 5.73. The fourth-order valence-electron chi connectivity index (χ4n) is 2.92. The molecule has 1 heterocycles. The summed E-state index contributed by atoms with van der Waals surface area (Å²) in [7, 11) is 3.51. The van der Waals surface area contributed by atoms with Crippen molar-refractivity contribution in [3.8, 4) is 11.4 Å². The zero-order chi connectivity index (χ0) is 16.2. The van der Waals surface area contributed by atoms with Crippen molar-refractivity contribution in [3.63, 3.8) is 0 Å². The highest BCUT2D eigenvalue weighted by molar-refractivity contribution is 5.90. The van der Waals surface area contributed by atoms with Crippen LogP contribution in [0.1, 0.15) is 19.3 Å². The Bertz CT molecular complexity index is 685. The van der Waals surface area contributed by atoms with Crippen molar-refractivity contribution in [2.45, 2.75) is 31.4 Å². The molecule has 1 saturated carbocycles. The van der Waals surface area contributed by atoms with E-state index < -0.39 is 0 Å². The van der Waals surface area contributed by atoms with E-state index in [0.717, 1.165) is 24.8 Å². The van der Waals surface area contributed by atoms with E-state index >= 15 is 0 Å². The Morgan fingerprint density at radius 1 is 1.39 bits per heavy atom. The van der Waals surface area contributed by atoms with Gasteiger partial charge in [-0.25, -0.2) is 9.78 Å². The molecule has 1 aromatic heterocycles. The number of anilines is 1. The maximum absolute atomic E-state index is 12.2. The quantitative estimate of drug-likeness (QED) is 0.906. The van der Waals surface area contributed by atoms with Crippen LogP contribution < -0.4 is 10.6 Å². The molecule has 0 unspecified atom stereocenters. The van der Waals surface area contributed by atoms with Gasteiger partial charge in [0.1, 0.15) is 6.33 Å². The van der Waals surface area contributed by atoms with Crippen molar-refractivity contribution in [1.82, 2.24) is 20.1 Å². The Morgan fingerprint density at radius 2 is 2.26 bits per heavy atom. The second-order valence-electron chi connectivity index (χ2n) is 5.73. The van der Waals surface area contributed by atoms with Crippen LogP contribution in [-0.2, 0) is 11.8 Å². The minimum atomic E-state index is -0.218. The summed E-state index contributed by atoms with van der Waals surface area (Å²) < 4.78 is 7.04. The average molecular weight is 315 g/mol. The number of ether oxygens (including phenoxy) is 1. The van der Waals surface area contributed by atoms with Gasteiger partial charge in [-0.3, -0.25) is 4.68 Å². The number of amides is 2. The third-order valence-electron chi connectivity index (χ3n) is 4.05. The minimum Gasteiger partial charge on any atom is -0.379 e. The van der Waals surface area contributed by atoms with E-state index in [0.29, 0.717) is 11.5 Å². The molecule has 2 aromatic rings. The SMILES string of the molecule is CO[C@H]1CCC[C@H]1NC(=O)Nc1cccc(-c2ncn(C)n2)c1. The molecule has 0 radical (unpaired) electrons. The molecule has 0 spiro atoms. The van der Waals surface area contributed by atoms with Gasteiger partial charge >= 0.3 is 6.03 Å². The van der Waals surface area contributed by atoms with Gasteiger partial charge < -0.3 is 15.4 Å². The summed E-state index contributed by atoms with van der Waals surface area (Å²) in [5.74, 6) is 0.631. The Hall–Kier alpha value is -2.41. The molecule has 122 valence electrons. The summed E-state index contributed by atoms with van der Waals surface area (Å²) in [4.78, 5) is 16.4. The standard InChI is InChI=1S/C16H21N5O2/c1-21-10-17-15(20-21)11-5-3-6-12(9-11)18-16(22)19-13-7-4-8-14(13)23-2/h3,5-6,9-10,13-14H,4,7-8H2,1-2H3,(H2,18,19,22)/t13-,14+/m1/s1. The van der Waals surface area contributed by atoms with Crippen LogP contribution in [0.2, 0.25) is 0 Å². The molecule has 7 nitrogen and oxygen atoms in total. The van der Waals surface area contributed by atoms with Crippen molar-refractivity contribution in [1.29, 1.82) is 0 Å². The molecular weight excluding hydrogens is 294 g/mol. The summed E-state index contributed by atoms with van der Waals surface area (Å²) in [6.07, 6.45) is 4.76. The summed E-state index contributed by atoms with van der Waals surface area (Å²) in [6.45, 7) is 0. The first-order valence-corrected chi connectivity index (χ1v) is 7.72. The monoisotopic (exact) mass is 315 g/mol. The number of aryl methyl sites for hydroxylation is 1. The highest BCUT2D eigenvalue weighted by Gasteiger charge is 2.28. The van der Waals surface area contributed by atoms with Gasteiger partial charge in [-0.05, 0) is 31.4 Å². The predicted molar refractivity (Wildman–Crippen MR) is 87.0 cm³/mol. The van der Waals surface area contributed by atoms with Gasteiger partial charge in [0.05, 0.1) is 12.1 Å². The van der Waals surface area contributed by atoms with Gasteiger partial charge in [-0.1, -0.05) is 12.1 Å². The van der Waals surface area contributed by atoms with Crippen LogP contribution in [0.25, 0.3) is 11.4 Å². The summed E-state index contributed by atoms with van der Waals surface area (Å²) in [5.41, 5.74) is 1.57. The van der Waals surface area contributed by atoms with E-state index in [4.69, 9.17) is 4.74 Å². The molecule has 1 fully saturated rings. The van der Waals surface area contributed by atoms with Gasteiger partial charge in [0.2, 0.25) is 0 Å². The number of methoxy groups -OCH3 is 1. The van der Waals surface area contributed by atoms with Crippen LogP contribution >= 0.6 is 0 Å². The van der Waals surface area contributed by atoms with Gasteiger partial charge in [0.25, 0.3) is 0 Å². The molecular formula is C16H21N5O2. The first kappa shape index (κ1) is 15.5. The number of nitrogens with one attached hydrogen (secondary N) is 2. The van der Waals surface area contributed by atoms with E-state index in [1.54, 1.807) is 18.1 Å². The lowest BCUT2D eigenvalue weighted by Gasteiger charge is -2.19. The molecule has 2 amide bonds. The van der Waals surface area contributed by atoms with Crippen LogP contribution in [-0.4, -0.2) is 40.1 Å². The Balaban J connectivity index is 1.64. The van der Waals surface area contributed by atoms with Crippen LogP contribution in [0, 0.1) is 0 Å². The number of benzene rings is 1. The first-order chi connectivity index (χ1) is 11.2. The summed E-state index contributed by atoms with van der Waals surface area (Å²) >= 11 is 0. The van der Waals surface area contributed by atoms with Crippen molar-refractivity contribution in [3.05, 3.63) is 30.6 Å². The van der Waals surface area contributed by atoms with E-state index in [-0.39, 0.29) is 18.2 Å². The Morgan fingerprint density at radius 3 is 3.00 bits per heavy atom.